The molecular formula is C12H18Cl6. The zero-order valence-corrected chi connectivity index (χ0v) is 14.5. The number of hydrogen-bond donors (Lipinski definition) is 0. The minimum Gasteiger partial charge on any atom is -0.0936 e. The molecule has 0 unspecified atom stereocenters. The first kappa shape index (κ1) is 36.2. The predicted octanol–water partition coefficient (Wildman–Crippen LogP) is 8.21. The van der Waals surface area contributed by atoms with Crippen molar-refractivity contribution < 1.29 is 0 Å². The van der Waals surface area contributed by atoms with Gasteiger partial charge in [0.05, 0.1) is 0 Å². The lowest BCUT2D eigenvalue weighted by Crippen LogP contribution is -0.926. The van der Waals surface area contributed by atoms with Crippen LogP contribution in [0.3, 0.4) is 0 Å². The fraction of sp³-hybridized carbons (Fsp3) is 0. The summed E-state index contributed by atoms with van der Waals surface area (Å²) in [5.74, 6) is 0. The van der Waals surface area contributed by atoms with Crippen molar-refractivity contribution in [1.82, 2.24) is 0 Å². The van der Waals surface area contributed by atoms with Gasteiger partial charge in [-0.2, -0.15) is 0 Å². The van der Waals surface area contributed by atoms with Crippen LogP contribution < -0.4 is 0 Å². The summed E-state index contributed by atoms with van der Waals surface area (Å²) in [6.45, 7) is 18.8. The molecule has 0 spiro atoms. The maximum Gasteiger partial charge on any atom is -0.00296 e. The van der Waals surface area contributed by atoms with Gasteiger partial charge >= 0.3 is 0 Å². The molecule has 0 atom stereocenters. The maximum absolute atomic E-state index is 4.76. The van der Waals surface area contributed by atoms with E-state index in [1.807, 2.05) is 0 Å². The Bertz CT molecular complexity index is 108. The van der Waals surface area contributed by atoms with Gasteiger partial charge in [0.1, 0.15) is 0 Å². The van der Waals surface area contributed by atoms with Gasteiger partial charge in [0, 0.05) is 0 Å². The third-order valence-electron chi connectivity index (χ3n) is 0. The smallest absolute Gasteiger partial charge is 0.00296 e. The molecule has 0 radical (unpaired) electrons. The average molecular weight is 375 g/mol. The van der Waals surface area contributed by atoms with Crippen LogP contribution in [0.1, 0.15) is 0 Å². The van der Waals surface area contributed by atoms with Crippen LogP contribution in [0.5, 0.6) is 0 Å². The van der Waals surface area contributed by atoms with Gasteiger partial charge in [0.25, 0.3) is 0 Å². The molecule has 0 fully saturated rings. The summed E-state index contributed by atoms with van der Waals surface area (Å²) >= 11 is 28.6. The van der Waals surface area contributed by atoms with E-state index in [1.54, 1.807) is 0 Å². The van der Waals surface area contributed by atoms with E-state index in [0.717, 1.165) is 0 Å². The maximum atomic E-state index is 4.76. The van der Waals surface area contributed by atoms with Gasteiger partial charge in [-0.15, -0.1) is 0 Å². The highest BCUT2D eigenvalue weighted by molar-refractivity contribution is 6.26. The van der Waals surface area contributed by atoms with Crippen molar-refractivity contribution in [3.63, 3.8) is 0 Å². The van der Waals surface area contributed by atoms with Crippen LogP contribution in [-0.2, 0) is 0 Å². The molecule has 0 aliphatic rings. The third-order valence-corrected chi connectivity index (χ3v) is 0. The molecule has 108 valence electrons. The van der Waals surface area contributed by atoms with Crippen molar-refractivity contribution >= 4 is 69.6 Å². The molecule has 0 amide bonds. The largest absolute Gasteiger partial charge is 0.0936 e. The lowest BCUT2D eigenvalue weighted by atomic mass is 11.3. The first-order valence-electron chi connectivity index (χ1n) is 3.76. The summed E-state index contributed by atoms with van der Waals surface area (Å²) in [6, 6.07) is 0. The molecule has 0 bridgehead atoms. The summed E-state index contributed by atoms with van der Waals surface area (Å²) < 4.78 is 0. The Labute approximate surface area is 141 Å². The molecule has 0 aromatic carbocycles. The van der Waals surface area contributed by atoms with E-state index in [-0.39, 0.29) is 0 Å². The summed E-state index contributed by atoms with van der Waals surface area (Å²) in [6.07, 6.45) is 0. The topological polar surface area (TPSA) is 0 Å². The van der Waals surface area contributed by atoms with Crippen LogP contribution in [0.15, 0.2) is 72.7 Å². The van der Waals surface area contributed by atoms with E-state index in [9.17, 15) is 0 Å². The van der Waals surface area contributed by atoms with E-state index in [4.69, 9.17) is 69.6 Å². The van der Waals surface area contributed by atoms with Crippen LogP contribution in [0.4, 0.5) is 0 Å². The SMILES string of the molecule is C=CCl.C=CCl.C=CCl.C=CCl.C=CCl.C=CCl. The Morgan fingerprint density at radius 1 is 0.333 bits per heavy atom. The number of halogens is 6. The van der Waals surface area contributed by atoms with E-state index in [0.29, 0.717) is 0 Å². The molecule has 0 aliphatic carbocycles. The van der Waals surface area contributed by atoms with E-state index in [1.165, 1.54) is 33.2 Å². The van der Waals surface area contributed by atoms with Crippen molar-refractivity contribution in [3.8, 4) is 0 Å². The summed E-state index contributed by atoms with van der Waals surface area (Å²) in [7, 11) is 0. The highest BCUT2D eigenvalue weighted by atomic mass is 35.5. The quantitative estimate of drug-likeness (QED) is 0.400. The number of hydrogen-bond acceptors (Lipinski definition) is 0. The molecule has 0 rings (SSSR count). The monoisotopic (exact) mass is 372 g/mol. The Morgan fingerprint density at radius 2 is 0.333 bits per heavy atom. The lowest BCUT2D eigenvalue weighted by Gasteiger charge is -1.27. The van der Waals surface area contributed by atoms with Crippen molar-refractivity contribution in [1.29, 1.82) is 0 Å². The standard InChI is InChI=1S/6C2H3Cl/c6*1-2-3/h6*2H,1H2. The zero-order chi connectivity index (χ0) is 16.2. The molecule has 0 nitrogen and oxygen atoms in total. The van der Waals surface area contributed by atoms with Crippen molar-refractivity contribution in [3.05, 3.63) is 72.7 Å². The first-order valence-corrected chi connectivity index (χ1v) is 6.38. The van der Waals surface area contributed by atoms with Crippen molar-refractivity contribution in [2.24, 2.45) is 0 Å². The predicted molar refractivity (Wildman–Crippen MR) is 96.3 cm³/mol. The molecule has 0 aromatic rings. The fourth-order valence-electron chi connectivity index (χ4n) is 0. The van der Waals surface area contributed by atoms with Gasteiger partial charge in [-0.3, -0.25) is 0 Å². The Morgan fingerprint density at radius 3 is 0.333 bits per heavy atom. The van der Waals surface area contributed by atoms with E-state index >= 15 is 0 Å². The second kappa shape index (κ2) is 118. The van der Waals surface area contributed by atoms with Crippen LogP contribution >= 0.6 is 69.6 Å². The Kier molecular flexibility index (Phi) is 237. The Hall–Kier alpha value is 0.180. The minimum absolute atomic E-state index is 1.22. The molecule has 18 heavy (non-hydrogen) atoms. The van der Waals surface area contributed by atoms with E-state index < -0.39 is 0 Å². The van der Waals surface area contributed by atoms with Crippen molar-refractivity contribution in [2.75, 3.05) is 0 Å². The van der Waals surface area contributed by atoms with Crippen LogP contribution in [0.2, 0.25) is 0 Å². The van der Waals surface area contributed by atoms with Crippen LogP contribution in [0.25, 0.3) is 0 Å². The summed E-state index contributed by atoms with van der Waals surface area (Å²) in [5, 5.41) is 0. The molecule has 0 N–H and O–H groups in total. The van der Waals surface area contributed by atoms with Gasteiger partial charge in [-0.05, 0) is 33.2 Å². The molecule has 6 heteroatoms. The van der Waals surface area contributed by atoms with Crippen molar-refractivity contribution in [2.45, 2.75) is 0 Å². The molecule has 0 aliphatic heterocycles. The highest BCUT2D eigenvalue weighted by Gasteiger charge is 1.19. The highest BCUT2D eigenvalue weighted by Crippen LogP contribution is 1.61. The first-order chi connectivity index (χ1) is 8.49. The van der Waals surface area contributed by atoms with Gasteiger partial charge in [-0.25, -0.2) is 0 Å². The van der Waals surface area contributed by atoms with Gasteiger partial charge in [-0.1, -0.05) is 109 Å². The second-order valence-electron chi connectivity index (χ2n) is 0.926. The fourth-order valence-corrected chi connectivity index (χ4v) is 0. The second-order valence-corrected chi connectivity index (χ2v) is 2.78. The van der Waals surface area contributed by atoms with Gasteiger partial charge < -0.3 is 0 Å². The number of rotatable bonds is 0. The average Bonchev–Trinajstić information content (AvgIpc) is 2.23. The Balaban J connectivity index is -0.0000000240. The van der Waals surface area contributed by atoms with Gasteiger partial charge in [0.2, 0.25) is 0 Å². The minimum atomic E-state index is 1.22. The molecule has 0 aromatic heterocycles. The third kappa shape index (κ3) is 115000. The zero-order valence-electron chi connectivity index (χ0n) is 9.97. The van der Waals surface area contributed by atoms with Gasteiger partial charge in [0.15, 0.2) is 0 Å². The van der Waals surface area contributed by atoms with E-state index in [2.05, 4.69) is 39.5 Å². The molecule has 0 saturated carbocycles. The molecular weight excluding hydrogens is 357 g/mol. The summed E-state index contributed by atoms with van der Waals surface area (Å²) in [5.41, 5.74) is 7.33. The lowest BCUT2D eigenvalue weighted by molar-refractivity contribution is 2.63. The molecule has 0 heterocycles. The van der Waals surface area contributed by atoms with Crippen LogP contribution in [-0.4, -0.2) is 0 Å². The molecule has 0 saturated heterocycles. The summed E-state index contributed by atoms with van der Waals surface area (Å²) in [4.78, 5) is 0. The normalized spacial score (nSPS) is 4.33. The van der Waals surface area contributed by atoms with Crippen LogP contribution in [0, 0.1) is 0 Å².